The van der Waals surface area contributed by atoms with Crippen molar-refractivity contribution in [1.29, 1.82) is 0 Å². The van der Waals surface area contributed by atoms with Crippen LogP contribution in [0.3, 0.4) is 0 Å². The first kappa shape index (κ1) is 57.7. The van der Waals surface area contributed by atoms with Gasteiger partial charge in [0.2, 0.25) is 0 Å². The molecule has 94 heavy (non-hydrogen) atoms. The monoisotopic (exact) mass is 1300 g/mol. The van der Waals surface area contributed by atoms with E-state index in [0.29, 0.717) is 43.1 Å². The fourth-order valence-electron chi connectivity index (χ4n) is 13.0. The molecule has 0 amide bonds. The van der Waals surface area contributed by atoms with Crippen molar-refractivity contribution in [2.75, 3.05) is 0 Å². The molecule has 2 aliphatic rings. The molecule has 17 rings (SSSR count). The third-order valence-electron chi connectivity index (χ3n) is 16.8. The number of hydrogen-bond donors (Lipinski definition) is 0. The number of aromatic nitrogens is 8. The average molecular weight is 1300 g/mol. The summed E-state index contributed by atoms with van der Waals surface area (Å²) in [5.74, 6) is -20.2. The fourth-order valence-corrected chi connectivity index (χ4v) is 13.0. The Morgan fingerprint density at radius 3 is 0.819 bits per heavy atom. The Morgan fingerprint density at radius 2 is 0.511 bits per heavy atom. The van der Waals surface area contributed by atoms with Crippen molar-refractivity contribution in [3.8, 4) is 90.1 Å². The number of nitrogens with zero attached hydrogens (tertiary/aromatic N) is 8. The molecule has 12 aromatic carbocycles. The predicted octanol–water partition coefficient (Wildman–Crippen LogP) is 19.0. The van der Waals surface area contributed by atoms with Crippen LogP contribution in [-0.2, 0) is 21.0 Å². The van der Waals surface area contributed by atoms with Crippen molar-refractivity contribution in [2.45, 2.75) is 0 Å². The van der Waals surface area contributed by atoms with Crippen LogP contribution in [0.4, 0.5) is 52.7 Å². The summed E-state index contributed by atoms with van der Waals surface area (Å²) in [5, 5.41) is 3.65. The second-order valence-electron chi connectivity index (χ2n) is 22.1. The van der Waals surface area contributed by atoms with E-state index in [1.807, 2.05) is 0 Å². The second-order valence-corrected chi connectivity index (χ2v) is 22.1. The SMILES string of the molecule is Fc1cc(-c2c3c(cc4ccccc24)-c2nc-3nc3[n-]c(nc4nc(nc5[n-]c(n2)c2c(-c6cc(F)c(F)c(F)c6)c6ccccc6cc52)-c2c-4cc4ccccc4c2-c2cc(F)c(F)c(F)c2)c2c(-c4cc(F)c(F)c(F)c4)c4ccccc4cc32)cc(F)c1F.[O]=[V+2]. The topological polar surface area (TPSA) is 123 Å². The first-order valence-corrected chi connectivity index (χ1v) is 28.8. The molecule has 5 heterocycles. The third kappa shape index (κ3) is 8.82. The number of rotatable bonds is 4. The molecule has 15 aromatic rings. The first-order valence-electron chi connectivity index (χ1n) is 28.3. The van der Waals surface area contributed by atoms with Crippen LogP contribution in [0.5, 0.6) is 0 Å². The summed E-state index contributed by atoms with van der Waals surface area (Å²) in [4.78, 5) is 40.9. The van der Waals surface area contributed by atoms with Crippen LogP contribution in [-0.4, -0.2) is 29.9 Å². The summed E-state index contributed by atoms with van der Waals surface area (Å²) in [5.41, 5.74) is -0.867. The average Bonchev–Trinajstić information content (AvgIpc) is 1.53. The van der Waals surface area contributed by atoms with Crippen LogP contribution in [0.2, 0.25) is 0 Å². The molecule has 22 heteroatoms. The zero-order chi connectivity index (χ0) is 64.9. The van der Waals surface area contributed by atoms with Gasteiger partial charge in [-0.2, -0.15) is 0 Å². The molecule has 0 unspecified atom stereocenters. The van der Waals surface area contributed by atoms with E-state index in [4.69, 9.17) is 43.5 Å². The standard InChI is InChI=1S/C72H28F12N8.O.V/c73-45-21-33(22-46(74)61(45)81)53-37-13-5-1-9-29(37)17-41-57(53)69-85-65(41)89-70-58-42(18-30-10-2-6-14-38(30)54(58)34-23-47(75)62(82)48(76)24-34)67(86-70)91-72-60-44(20-32-12-4-8-16-40(32)56(60)36-27-51(79)64(84)52(80)28-36)68(88-72)92-71-59-43(66(87-71)90-69)19-31-11-3-7-15-39(31)55(59)35-25-49(77)63(83)50(78)26-35;;/h1-28H;;/q-2;;+2. The van der Waals surface area contributed by atoms with Crippen LogP contribution in [0.25, 0.3) is 177 Å². The Labute approximate surface area is 528 Å². The number of fused-ring (bicyclic) bond motifs is 24. The first-order chi connectivity index (χ1) is 45.5. The van der Waals surface area contributed by atoms with Crippen LogP contribution < -0.4 is 9.97 Å². The van der Waals surface area contributed by atoms with Crippen LogP contribution in [0.1, 0.15) is 0 Å². The Morgan fingerprint density at radius 1 is 0.255 bits per heavy atom. The van der Waals surface area contributed by atoms with Gasteiger partial charge >= 0.3 is 21.0 Å². The van der Waals surface area contributed by atoms with Gasteiger partial charge in [0.25, 0.3) is 0 Å². The summed E-state index contributed by atoms with van der Waals surface area (Å²) in [6.45, 7) is 0. The van der Waals surface area contributed by atoms with Crippen molar-refractivity contribution in [3.05, 3.63) is 240 Å². The van der Waals surface area contributed by atoms with Gasteiger partial charge in [-0.3, -0.25) is 0 Å². The van der Waals surface area contributed by atoms with Gasteiger partial charge in [-0.05, 0) is 160 Å². The maximum absolute atomic E-state index is 15.7. The van der Waals surface area contributed by atoms with E-state index in [1.165, 1.54) is 0 Å². The van der Waals surface area contributed by atoms with E-state index in [1.54, 1.807) is 121 Å². The molecule has 2 aliphatic heterocycles. The molecule has 0 spiro atoms. The van der Waals surface area contributed by atoms with Gasteiger partial charge in [0.05, 0.1) is 23.3 Å². The summed E-state index contributed by atoms with van der Waals surface area (Å²) in [6, 6.07) is 39.9. The van der Waals surface area contributed by atoms with E-state index in [0.717, 1.165) is 65.9 Å². The van der Waals surface area contributed by atoms with Gasteiger partial charge in [-0.1, -0.05) is 97.1 Å². The van der Waals surface area contributed by atoms with Gasteiger partial charge in [-0.15, -0.1) is 0 Å². The molecule has 9 nitrogen and oxygen atoms in total. The molecule has 0 aliphatic carbocycles. The molecule has 0 fully saturated rings. The summed E-state index contributed by atoms with van der Waals surface area (Å²) >= 11 is 1.06. The molecule has 451 valence electrons. The number of halogens is 12. The molecular formula is C72H28F12N8OV. The Bertz CT molecular complexity index is 5660. The van der Waals surface area contributed by atoms with Gasteiger partial charge in [0, 0.05) is 66.7 Å². The molecule has 0 saturated heterocycles. The molecule has 8 bridgehead atoms. The zero-order valence-corrected chi connectivity index (χ0v) is 48.5. The minimum atomic E-state index is -1.75. The van der Waals surface area contributed by atoms with Gasteiger partial charge in [-0.25, -0.2) is 62.7 Å². The summed E-state index contributed by atoms with van der Waals surface area (Å²) in [6.07, 6.45) is 0. The van der Waals surface area contributed by atoms with Crippen LogP contribution in [0.15, 0.2) is 170 Å². The van der Waals surface area contributed by atoms with Crippen molar-refractivity contribution >= 4 is 87.2 Å². The third-order valence-corrected chi connectivity index (χ3v) is 16.8. The van der Waals surface area contributed by atoms with Crippen molar-refractivity contribution in [2.24, 2.45) is 0 Å². The van der Waals surface area contributed by atoms with Crippen LogP contribution >= 0.6 is 0 Å². The molecule has 0 atom stereocenters. The Balaban J connectivity index is 0.00000346. The normalized spacial score (nSPS) is 11.9. The molecule has 0 saturated carbocycles. The van der Waals surface area contributed by atoms with Crippen molar-refractivity contribution in [3.63, 3.8) is 0 Å². The van der Waals surface area contributed by atoms with E-state index in [2.05, 4.69) is 0 Å². The Kier molecular flexibility index (Phi) is 13.3. The van der Waals surface area contributed by atoms with Gasteiger partial charge < -0.3 is 29.9 Å². The molecule has 0 N–H and O–H groups in total. The Hall–Kier alpha value is -11.4. The summed E-state index contributed by atoms with van der Waals surface area (Å²) in [7, 11) is 0. The van der Waals surface area contributed by atoms with E-state index < -0.39 is 69.8 Å². The molecular weight excluding hydrogens is 1270 g/mol. The fraction of sp³-hybridized carbons (Fsp3) is 0. The van der Waals surface area contributed by atoms with Crippen molar-refractivity contribution < 1.29 is 73.7 Å². The maximum atomic E-state index is 15.7. The predicted molar refractivity (Wildman–Crippen MR) is 326 cm³/mol. The van der Waals surface area contributed by atoms with Gasteiger partial charge in [0.15, 0.2) is 69.8 Å². The van der Waals surface area contributed by atoms with Crippen LogP contribution in [0, 0.1) is 69.8 Å². The van der Waals surface area contributed by atoms with E-state index in [-0.39, 0.29) is 134 Å². The second kappa shape index (κ2) is 21.6. The molecule has 0 radical (unpaired) electrons. The number of hydrogen-bond acceptors (Lipinski definition) is 7. The molecule has 3 aromatic heterocycles. The van der Waals surface area contributed by atoms with E-state index in [9.17, 15) is 0 Å². The zero-order valence-electron chi connectivity index (χ0n) is 47.1. The summed E-state index contributed by atoms with van der Waals surface area (Å²) < 4.78 is 194. The van der Waals surface area contributed by atoms with Crippen molar-refractivity contribution in [1.82, 2.24) is 39.9 Å². The quantitative estimate of drug-likeness (QED) is 0.125. The number of benzene rings is 12. The minimum absolute atomic E-state index is 0.0608. The van der Waals surface area contributed by atoms with Gasteiger partial charge in [0.1, 0.15) is 0 Å². The van der Waals surface area contributed by atoms with E-state index >= 15 is 52.7 Å².